The quantitative estimate of drug-likeness (QED) is 0.555. The van der Waals surface area contributed by atoms with Crippen LogP contribution in [0.3, 0.4) is 0 Å². The molecule has 0 aliphatic carbocycles. The summed E-state index contributed by atoms with van der Waals surface area (Å²) in [6.07, 6.45) is 5.33. The van der Waals surface area contributed by atoms with Gasteiger partial charge in [-0.1, -0.05) is 31.9 Å². The zero-order chi connectivity index (χ0) is 8.85. The van der Waals surface area contributed by atoms with Crippen LogP contribution in [0.1, 0.15) is 0 Å². The van der Waals surface area contributed by atoms with Crippen LogP contribution in [0.5, 0.6) is 0 Å². The van der Waals surface area contributed by atoms with Crippen molar-refractivity contribution in [1.29, 1.82) is 0 Å². The number of hydrogen-bond acceptors (Lipinski definition) is 1. The first kappa shape index (κ1) is 9.76. The highest BCUT2D eigenvalue weighted by molar-refractivity contribution is 5.37. The van der Waals surface area contributed by atoms with Crippen LogP contribution in [0.4, 0.5) is 0 Å². The summed E-state index contributed by atoms with van der Waals surface area (Å²) in [4.78, 5) is 1.98. The van der Waals surface area contributed by atoms with Gasteiger partial charge in [-0.2, -0.15) is 0 Å². The summed E-state index contributed by atoms with van der Waals surface area (Å²) in [5.74, 6) is 0. The van der Waals surface area contributed by atoms with E-state index >= 15 is 0 Å². The fourth-order valence-corrected chi connectivity index (χ4v) is 0.851. The molecule has 0 rings (SSSR count). The van der Waals surface area contributed by atoms with Crippen LogP contribution in [0.2, 0.25) is 0 Å². The van der Waals surface area contributed by atoms with Crippen LogP contribution >= 0.6 is 0 Å². The van der Waals surface area contributed by atoms with E-state index in [0.717, 1.165) is 11.3 Å². The molecule has 11 heavy (non-hydrogen) atoms. The molecule has 0 aromatic rings. The average molecular weight is 149 g/mol. The maximum Gasteiger partial charge on any atom is 0.0428 e. The third-order valence-corrected chi connectivity index (χ3v) is 1.41. The number of nitrogens with zero attached hydrogens (tertiary/aromatic N) is 1. The van der Waals surface area contributed by atoms with Crippen LogP contribution in [0, 0.1) is 0 Å². The van der Waals surface area contributed by atoms with E-state index in [1.807, 2.05) is 19.0 Å². The second kappa shape index (κ2) is 4.56. The lowest BCUT2D eigenvalue weighted by Gasteiger charge is -2.15. The first-order chi connectivity index (χ1) is 5.17. The zero-order valence-corrected chi connectivity index (χ0v) is 7.30. The molecule has 0 amide bonds. The Kier molecular flexibility index (Phi) is 4.04. The standard InChI is InChI=1S/C10H15N/c1-6-9(7-2)10(8-3)11(4)5/h6-8H,1-3H2,4-5H3. The number of rotatable bonds is 4. The van der Waals surface area contributed by atoms with Gasteiger partial charge >= 0.3 is 0 Å². The van der Waals surface area contributed by atoms with Crippen LogP contribution < -0.4 is 0 Å². The van der Waals surface area contributed by atoms with Crippen molar-refractivity contribution in [2.75, 3.05) is 14.1 Å². The zero-order valence-electron chi connectivity index (χ0n) is 7.30. The molecule has 0 radical (unpaired) electrons. The molecule has 0 saturated heterocycles. The van der Waals surface area contributed by atoms with E-state index < -0.39 is 0 Å². The lowest BCUT2D eigenvalue weighted by atomic mass is 10.2. The molecule has 1 heteroatoms. The van der Waals surface area contributed by atoms with Crippen molar-refractivity contribution in [2.24, 2.45) is 0 Å². The second-order valence-electron chi connectivity index (χ2n) is 2.35. The molecule has 0 fully saturated rings. The molecule has 0 aromatic carbocycles. The third-order valence-electron chi connectivity index (χ3n) is 1.41. The third kappa shape index (κ3) is 2.46. The van der Waals surface area contributed by atoms with Crippen LogP contribution in [0.25, 0.3) is 0 Å². The minimum absolute atomic E-state index is 1.00. The van der Waals surface area contributed by atoms with Gasteiger partial charge in [-0.3, -0.25) is 0 Å². The van der Waals surface area contributed by atoms with Crippen molar-refractivity contribution in [1.82, 2.24) is 4.90 Å². The molecule has 0 unspecified atom stereocenters. The summed E-state index contributed by atoms with van der Waals surface area (Å²) in [5, 5.41) is 0. The molecule has 0 aliphatic heterocycles. The summed E-state index contributed by atoms with van der Waals surface area (Å²) in [7, 11) is 3.92. The van der Waals surface area contributed by atoms with E-state index in [0.29, 0.717) is 0 Å². The van der Waals surface area contributed by atoms with Crippen molar-refractivity contribution in [2.45, 2.75) is 0 Å². The van der Waals surface area contributed by atoms with Gasteiger partial charge in [0.05, 0.1) is 0 Å². The monoisotopic (exact) mass is 149 g/mol. The number of likely N-dealkylation sites (N-methyl/N-ethyl adjacent to an activating group) is 1. The van der Waals surface area contributed by atoms with Crippen LogP contribution in [-0.2, 0) is 0 Å². The average Bonchev–Trinajstić information content (AvgIpc) is 1.99. The van der Waals surface area contributed by atoms with Crippen molar-refractivity contribution >= 4 is 0 Å². The maximum atomic E-state index is 3.70. The van der Waals surface area contributed by atoms with Gasteiger partial charge in [0.25, 0.3) is 0 Å². The molecule has 0 atom stereocenters. The van der Waals surface area contributed by atoms with Gasteiger partial charge in [-0.25, -0.2) is 0 Å². The fourth-order valence-electron chi connectivity index (χ4n) is 0.851. The molecule has 0 spiro atoms. The summed E-state index contributed by atoms with van der Waals surface area (Å²) in [5.41, 5.74) is 2.04. The topological polar surface area (TPSA) is 3.24 Å². The smallest absolute Gasteiger partial charge is 0.0428 e. The van der Waals surface area contributed by atoms with Gasteiger partial charge in [-0.05, 0) is 11.6 Å². The number of hydrogen-bond donors (Lipinski definition) is 0. The molecule has 60 valence electrons. The van der Waals surface area contributed by atoms with E-state index in [1.165, 1.54) is 0 Å². The predicted octanol–water partition coefficient (Wildman–Crippen LogP) is 2.36. The summed E-state index contributed by atoms with van der Waals surface area (Å²) >= 11 is 0. The first-order valence-corrected chi connectivity index (χ1v) is 3.46. The SMILES string of the molecule is C=CC(C=C)=C(C=C)N(C)C. The molecule has 0 aliphatic rings. The van der Waals surface area contributed by atoms with E-state index in [2.05, 4.69) is 19.7 Å². The molecular weight excluding hydrogens is 134 g/mol. The highest BCUT2D eigenvalue weighted by atomic mass is 15.1. The molecule has 0 saturated carbocycles. The first-order valence-electron chi connectivity index (χ1n) is 3.46. The maximum absolute atomic E-state index is 3.70. The summed E-state index contributed by atoms with van der Waals surface area (Å²) in [6, 6.07) is 0. The molecular formula is C10H15N. The Hall–Kier alpha value is -1.24. The molecule has 0 N–H and O–H groups in total. The van der Waals surface area contributed by atoms with Gasteiger partial charge in [0.15, 0.2) is 0 Å². The Labute approximate surface area is 69.0 Å². The lowest BCUT2D eigenvalue weighted by Crippen LogP contribution is -2.10. The van der Waals surface area contributed by atoms with Crippen molar-refractivity contribution < 1.29 is 0 Å². The highest BCUT2D eigenvalue weighted by Gasteiger charge is 1.97. The van der Waals surface area contributed by atoms with Gasteiger partial charge in [0.1, 0.15) is 0 Å². The van der Waals surface area contributed by atoms with Crippen molar-refractivity contribution in [3.63, 3.8) is 0 Å². The Balaban J connectivity index is 4.91. The molecule has 0 bridgehead atoms. The fraction of sp³-hybridized carbons (Fsp3) is 0.200. The van der Waals surface area contributed by atoms with Crippen molar-refractivity contribution in [3.8, 4) is 0 Å². The van der Waals surface area contributed by atoms with Crippen molar-refractivity contribution in [3.05, 3.63) is 49.2 Å². The second-order valence-corrected chi connectivity index (χ2v) is 2.35. The Bertz CT molecular complexity index is 187. The van der Waals surface area contributed by atoms with Gasteiger partial charge in [0, 0.05) is 19.8 Å². The number of allylic oxidation sites excluding steroid dienone is 4. The predicted molar refractivity (Wildman–Crippen MR) is 51.3 cm³/mol. The highest BCUT2D eigenvalue weighted by Crippen LogP contribution is 2.09. The minimum Gasteiger partial charge on any atom is -0.377 e. The van der Waals surface area contributed by atoms with Crippen LogP contribution in [-0.4, -0.2) is 19.0 Å². The Morgan fingerprint density at radius 3 is 1.55 bits per heavy atom. The molecule has 0 heterocycles. The summed E-state index contributed by atoms with van der Waals surface area (Å²) in [6.45, 7) is 11.1. The lowest BCUT2D eigenvalue weighted by molar-refractivity contribution is 0.527. The molecule has 1 nitrogen and oxygen atoms in total. The van der Waals surface area contributed by atoms with Gasteiger partial charge < -0.3 is 4.90 Å². The summed E-state index contributed by atoms with van der Waals surface area (Å²) < 4.78 is 0. The van der Waals surface area contributed by atoms with Gasteiger partial charge in [-0.15, -0.1) is 0 Å². The van der Waals surface area contributed by atoms with E-state index in [4.69, 9.17) is 0 Å². The van der Waals surface area contributed by atoms with E-state index in [9.17, 15) is 0 Å². The normalized spacial score (nSPS) is 8.18. The van der Waals surface area contributed by atoms with Gasteiger partial charge in [0.2, 0.25) is 0 Å². The Morgan fingerprint density at radius 1 is 1.00 bits per heavy atom. The Morgan fingerprint density at radius 2 is 1.45 bits per heavy atom. The van der Waals surface area contributed by atoms with E-state index in [1.54, 1.807) is 18.2 Å². The minimum atomic E-state index is 1.00. The van der Waals surface area contributed by atoms with E-state index in [-0.39, 0.29) is 0 Å². The van der Waals surface area contributed by atoms with Crippen LogP contribution in [0.15, 0.2) is 49.2 Å². The molecule has 0 aromatic heterocycles. The largest absolute Gasteiger partial charge is 0.377 e.